The third kappa shape index (κ3) is 4.27. The lowest BCUT2D eigenvalue weighted by molar-refractivity contribution is 0.0158. The monoisotopic (exact) mass is 367 g/mol. The number of morpholine rings is 1. The minimum atomic E-state index is -3.78. The molecule has 0 aliphatic carbocycles. The van der Waals surface area contributed by atoms with Crippen molar-refractivity contribution >= 4 is 10.0 Å². The van der Waals surface area contributed by atoms with E-state index in [1.54, 1.807) is 0 Å². The molecular weight excluding hydrogens is 345 g/mol. The van der Waals surface area contributed by atoms with Crippen LogP contribution in [0.1, 0.15) is 11.7 Å². The summed E-state index contributed by atoms with van der Waals surface area (Å²) in [6.07, 6.45) is 1.93. The Kier molecular flexibility index (Phi) is 5.53. The zero-order valence-corrected chi connectivity index (χ0v) is 14.9. The van der Waals surface area contributed by atoms with Crippen LogP contribution in [0.4, 0.5) is 4.39 Å². The summed E-state index contributed by atoms with van der Waals surface area (Å²) in [7, 11) is -1.84. The van der Waals surface area contributed by atoms with Crippen molar-refractivity contribution in [2.45, 2.75) is 10.9 Å². The second-order valence-electron chi connectivity index (χ2n) is 6.02. The summed E-state index contributed by atoms with van der Waals surface area (Å²) in [4.78, 5) is 2.13. The zero-order valence-electron chi connectivity index (χ0n) is 14.1. The molecule has 1 aromatic heterocycles. The Morgan fingerprint density at radius 2 is 2.00 bits per heavy atom. The van der Waals surface area contributed by atoms with Gasteiger partial charge in [-0.2, -0.15) is 0 Å². The van der Waals surface area contributed by atoms with Gasteiger partial charge in [0.1, 0.15) is 5.82 Å². The van der Waals surface area contributed by atoms with Crippen LogP contribution in [-0.4, -0.2) is 50.7 Å². The minimum Gasteiger partial charge on any atom is -0.379 e. The predicted molar refractivity (Wildman–Crippen MR) is 92.1 cm³/mol. The molecule has 1 aliphatic rings. The highest BCUT2D eigenvalue weighted by Gasteiger charge is 2.26. The molecule has 0 saturated carbocycles. The number of nitrogens with one attached hydrogen (secondary N) is 1. The second-order valence-corrected chi connectivity index (χ2v) is 7.78. The van der Waals surface area contributed by atoms with Gasteiger partial charge in [0.15, 0.2) is 0 Å². The van der Waals surface area contributed by atoms with Gasteiger partial charge in [0.2, 0.25) is 10.0 Å². The Bertz CT molecular complexity index is 816. The number of ether oxygens (including phenoxy) is 1. The number of hydrogen-bond acceptors (Lipinski definition) is 4. The van der Waals surface area contributed by atoms with Crippen LogP contribution in [0.5, 0.6) is 0 Å². The van der Waals surface area contributed by atoms with E-state index in [1.165, 1.54) is 18.2 Å². The van der Waals surface area contributed by atoms with Gasteiger partial charge in [-0.3, -0.25) is 4.90 Å². The van der Waals surface area contributed by atoms with Gasteiger partial charge in [-0.15, -0.1) is 0 Å². The zero-order chi connectivity index (χ0) is 17.9. The smallest absolute Gasteiger partial charge is 0.240 e. The fourth-order valence-corrected chi connectivity index (χ4v) is 4.11. The molecule has 1 N–H and O–H groups in total. The maximum Gasteiger partial charge on any atom is 0.240 e. The SMILES string of the molecule is Cn1cccc1C(CNS(=O)(=O)c1cccc(F)c1)N1CCOCC1. The minimum absolute atomic E-state index is 0.0693. The first kappa shape index (κ1) is 18.1. The van der Waals surface area contributed by atoms with Crippen molar-refractivity contribution in [3.8, 4) is 0 Å². The molecule has 2 aromatic rings. The molecule has 2 heterocycles. The number of sulfonamides is 1. The number of halogens is 1. The third-order valence-corrected chi connectivity index (χ3v) is 5.81. The van der Waals surface area contributed by atoms with E-state index in [-0.39, 0.29) is 17.5 Å². The van der Waals surface area contributed by atoms with Crippen LogP contribution in [0.15, 0.2) is 47.5 Å². The van der Waals surface area contributed by atoms with Crippen molar-refractivity contribution in [3.63, 3.8) is 0 Å². The summed E-state index contributed by atoms with van der Waals surface area (Å²) in [6.45, 7) is 2.92. The van der Waals surface area contributed by atoms with Crippen molar-refractivity contribution in [1.29, 1.82) is 0 Å². The van der Waals surface area contributed by atoms with Crippen LogP contribution in [0.25, 0.3) is 0 Å². The fourth-order valence-electron chi connectivity index (χ4n) is 3.04. The highest BCUT2D eigenvalue weighted by Crippen LogP contribution is 2.22. The van der Waals surface area contributed by atoms with Gasteiger partial charge in [0, 0.05) is 38.6 Å². The molecule has 0 bridgehead atoms. The van der Waals surface area contributed by atoms with E-state index in [1.807, 2.05) is 29.9 Å². The molecule has 136 valence electrons. The number of rotatable bonds is 6. The summed E-state index contributed by atoms with van der Waals surface area (Å²) in [5, 5.41) is 0. The second kappa shape index (κ2) is 7.65. The quantitative estimate of drug-likeness (QED) is 0.841. The van der Waals surface area contributed by atoms with E-state index in [0.717, 1.165) is 24.8 Å². The van der Waals surface area contributed by atoms with Crippen LogP contribution in [0, 0.1) is 5.82 Å². The van der Waals surface area contributed by atoms with Gasteiger partial charge in [-0.25, -0.2) is 17.5 Å². The molecule has 3 rings (SSSR count). The average Bonchev–Trinajstić information content (AvgIpc) is 3.02. The lowest BCUT2D eigenvalue weighted by Crippen LogP contribution is -2.44. The van der Waals surface area contributed by atoms with Crippen LogP contribution < -0.4 is 4.72 Å². The van der Waals surface area contributed by atoms with E-state index >= 15 is 0 Å². The van der Waals surface area contributed by atoms with E-state index < -0.39 is 15.8 Å². The van der Waals surface area contributed by atoms with E-state index in [4.69, 9.17) is 4.74 Å². The molecule has 6 nitrogen and oxygen atoms in total. The Hall–Kier alpha value is -1.74. The molecule has 25 heavy (non-hydrogen) atoms. The summed E-state index contributed by atoms with van der Waals surface area (Å²) in [5.74, 6) is -0.574. The molecule has 1 atom stereocenters. The first-order valence-corrected chi connectivity index (χ1v) is 9.64. The molecule has 8 heteroatoms. The van der Waals surface area contributed by atoms with Crippen molar-refractivity contribution < 1.29 is 17.5 Å². The number of nitrogens with zero attached hydrogens (tertiary/aromatic N) is 2. The largest absolute Gasteiger partial charge is 0.379 e. The first-order chi connectivity index (χ1) is 12.0. The van der Waals surface area contributed by atoms with Crippen LogP contribution >= 0.6 is 0 Å². The van der Waals surface area contributed by atoms with Crippen molar-refractivity contribution in [1.82, 2.24) is 14.2 Å². The van der Waals surface area contributed by atoms with Gasteiger partial charge in [0.05, 0.1) is 24.2 Å². The summed E-state index contributed by atoms with van der Waals surface area (Å²) in [6, 6.07) is 8.82. The van der Waals surface area contributed by atoms with Crippen molar-refractivity contribution in [2.24, 2.45) is 7.05 Å². The summed E-state index contributed by atoms with van der Waals surface area (Å²) >= 11 is 0. The van der Waals surface area contributed by atoms with E-state index in [2.05, 4.69) is 9.62 Å². The molecule has 1 aromatic carbocycles. The Morgan fingerprint density at radius 1 is 1.24 bits per heavy atom. The van der Waals surface area contributed by atoms with E-state index in [0.29, 0.717) is 13.2 Å². The summed E-state index contributed by atoms with van der Waals surface area (Å²) < 4.78 is 48.3. The molecule has 0 amide bonds. The molecule has 1 fully saturated rings. The van der Waals surface area contributed by atoms with Gasteiger partial charge >= 0.3 is 0 Å². The highest BCUT2D eigenvalue weighted by atomic mass is 32.2. The number of benzene rings is 1. The molecule has 1 saturated heterocycles. The fraction of sp³-hybridized carbons (Fsp3) is 0.412. The lowest BCUT2D eigenvalue weighted by Gasteiger charge is -2.34. The first-order valence-electron chi connectivity index (χ1n) is 8.15. The van der Waals surface area contributed by atoms with E-state index in [9.17, 15) is 12.8 Å². The molecule has 0 radical (unpaired) electrons. The Morgan fingerprint density at radius 3 is 2.64 bits per heavy atom. The summed E-state index contributed by atoms with van der Waals surface area (Å²) in [5.41, 5.74) is 1.02. The van der Waals surface area contributed by atoms with Gasteiger partial charge < -0.3 is 9.30 Å². The van der Waals surface area contributed by atoms with Crippen molar-refractivity contribution in [3.05, 3.63) is 54.1 Å². The van der Waals surface area contributed by atoms with Crippen LogP contribution in [-0.2, 0) is 21.8 Å². The van der Waals surface area contributed by atoms with Gasteiger partial charge in [-0.05, 0) is 30.3 Å². The van der Waals surface area contributed by atoms with Crippen LogP contribution in [0.3, 0.4) is 0 Å². The highest BCUT2D eigenvalue weighted by molar-refractivity contribution is 7.89. The average molecular weight is 367 g/mol. The Labute approximate surface area is 147 Å². The van der Waals surface area contributed by atoms with Gasteiger partial charge in [-0.1, -0.05) is 6.07 Å². The third-order valence-electron chi connectivity index (χ3n) is 4.38. The number of hydrogen-bond donors (Lipinski definition) is 1. The standard InChI is InChI=1S/C17H22FN3O3S/c1-20-7-3-6-16(20)17(21-8-10-24-11-9-21)13-19-25(22,23)15-5-2-4-14(18)12-15/h2-7,12,17,19H,8-11,13H2,1H3. The predicted octanol–water partition coefficient (Wildman–Crippen LogP) is 1.52. The maximum absolute atomic E-state index is 13.3. The normalized spacial score (nSPS) is 17.5. The number of aromatic nitrogens is 1. The lowest BCUT2D eigenvalue weighted by atomic mass is 10.1. The maximum atomic E-state index is 13.3. The molecule has 1 aliphatic heterocycles. The molecule has 1 unspecified atom stereocenters. The molecule has 0 spiro atoms. The Balaban J connectivity index is 1.79. The van der Waals surface area contributed by atoms with Crippen LogP contribution in [0.2, 0.25) is 0 Å². The van der Waals surface area contributed by atoms with Gasteiger partial charge in [0.25, 0.3) is 0 Å². The van der Waals surface area contributed by atoms with Crippen molar-refractivity contribution in [2.75, 3.05) is 32.8 Å². The topological polar surface area (TPSA) is 63.6 Å². The molecular formula is C17H22FN3O3S. The number of aryl methyl sites for hydroxylation is 1.